The highest BCUT2D eigenvalue weighted by Gasteiger charge is 2.31. The van der Waals surface area contributed by atoms with Gasteiger partial charge in [0, 0.05) is 10.8 Å². The van der Waals surface area contributed by atoms with Crippen LogP contribution in [0.3, 0.4) is 0 Å². The summed E-state index contributed by atoms with van der Waals surface area (Å²) in [5, 5.41) is 4.76. The van der Waals surface area contributed by atoms with Gasteiger partial charge in [-0.2, -0.15) is 9.98 Å². The lowest BCUT2D eigenvalue weighted by atomic mass is 10.1. The van der Waals surface area contributed by atoms with Crippen LogP contribution >= 0.6 is 11.3 Å². The van der Waals surface area contributed by atoms with Crippen LogP contribution in [0.1, 0.15) is 54.3 Å². The third-order valence-electron chi connectivity index (χ3n) is 4.15. The predicted molar refractivity (Wildman–Crippen MR) is 78.6 cm³/mol. The molecule has 1 fully saturated rings. The fourth-order valence-corrected chi connectivity index (χ4v) is 4.12. The maximum atomic E-state index is 10.7. The van der Waals surface area contributed by atoms with Crippen LogP contribution in [-0.4, -0.2) is 16.2 Å². The van der Waals surface area contributed by atoms with E-state index in [-0.39, 0.29) is 0 Å². The van der Waals surface area contributed by atoms with Crippen LogP contribution < -0.4 is 0 Å². The topological polar surface area (TPSA) is 68.3 Å². The minimum absolute atomic E-state index is 0.456. The van der Waals surface area contributed by atoms with Crippen molar-refractivity contribution < 1.29 is 9.32 Å². The lowest BCUT2D eigenvalue weighted by Crippen LogP contribution is -1.89. The summed E-state index contributed by atoms with van der Waals surface area (Å²) in [6.07, 6.45) is 9.56. The van der Waals surface area contributed by atoms with Crippen LogP contribution in [-0.2, 0) is 17.6 Å². The summed E-state index contributed by atoms with van der Waals surface area (Å²) in [5.41, 5.74) is 2.12. The van der Waals surface area contributed by atoms with Crippen molar-refractivity contribution in [1.82, 2.24) is 10.1 Å². The van der Waals surface area contributed by atoms with E-state index in [2.05, 4.69) is 15.1 Å². The molecule has 2 aromatic heterocycles. The fraction of sp³-hybridized carbons (Fsp3) is 0.533. The maximum Gasteiger partial charge on any atom is 0.261 e. The van der Waals surface area contributed by atoms with Crippen molar-refractivity contribution >= 4 is 22.4 Å². The van der Waals surface area contributed by atoms with Gasteiger partial charge in [0.25, 0.3) is 5.89 Å². The van der Waals surface area contributed by atoms with Gasteiger partial charge < -0.3 is 4.52 Å². The number of aryl methyl sites for hydroxylation is 1. The normalized spacial score (nSPS) is 17.9. The number of hydrogen-bond donors (Lipinski definition) is 0. The molecule has 6 heteroatoms. The van der Waals surface area contributed by atoms with Crippen LogP contribution in [0.2, 0.25) is 0 Å². The lowest BCUT2D eigenvalue weighted by molar-refractivity contribution is 0.422. The van der Waals surface area contributed by atoms with E-state index >= 15 is 0 Å². The van der Waals surface area contributed by atoms with Gasteiger partial charge in [-0.1, -0.05) is 11.6 Å². The molecule has 0 atom stereocenters. The Morgan fingerprint density at radius 2 is 2.10 bits per heavy atom. The molecular formula is C15H15N3O2S. The standard InChI is InChI=1S/C15H15N3O2S/c19-8-16-15-12(10-4-2-1-3-5-11(10)21-15)14-17-13(18-20-14)9-6-7-9/h9H,1-7H2. The van der Waals surface area contributed by atoms with Gasteiger partial charge in [0.2, 0.25) is 6.08 Å². The van der Waals surface area contributed by atoms with E-state index in [4.69, 9.17) is 4.52 Å². The highest BCUT2D eigenvalue weighted by atomic mass is 32.1. The van der Waals surface area contributed by atoms with Gasteiger partial charge in [-0.15, -0.1) is 11.3 Å². The minimum Gasteiger partial charge on any atom is -0.334 e. The molecule has 2 aliphatic carbocycles. The molecule has 0 radical (unpaired) electrons. The van der Waals surface area contributed by atoms with E-state index in [1.165, 1.54) is 23.3 Å². The number of rotatable bonds is 3. The van der Waals surface area contributed by atoms with Crippen LogP contribution in [0.15, 0.2) is 9.52 Å². The average Bonchev–Trinajstić information content (AvgIpc) is 3.19. The predicted octanol–water partition coefficient (Wildman–Crippen LogP) is 3.91. The van der Waals surface area contributed by atoms with E-state index in [0.717, 1.165) is 43.5 Å². The van der Waals surface area contributed by atoms with E-state index in [0.29, 0.717) is 16.8 Å². The minimum atomic E-state index is 0.456. The zero-order valence-corrected chi connectivity index (χ0v) is 12.4. The van der Waals surface area contributed by atoms with Gasteiger partial charge in [0.1, 0.15) is 5.00 Å². The summed E-state index contributed by atoms with van der Waals surface area (Å²) < 4.78 is 5.46. The Hall–Kier alpha value is -1.78. The van der Waals surface area contributed by atoms with Crippen molar-refractivity contribution in [3.63, 3.8) is 0 Å². The van der Waals surface area contributed by atoms with Crippen molar-refractivity contribution in [2.75, 3.05) is 0 Å². The Kier molecular flexibility index (Phi) is 3.20. The van der Waals surface area contributed by atoms with Crippen molar-refractivity contribution in [2.45, 2.75) is 50.9 Å². The molecule has 4 rings (SSSR count). The Balaban J connectivity index is 1.83. The summed E-state index contributed by atoms with van der Waals surface area (Å²) in [6.45, 7) is 0. The smallest absolute Gasteiger partial charge is 0.261 e. The highest BCUT2D eigenvalue weighted by Crippen LogP contribution is 2.45. The third-order valence-corrected chi connectivity index (χ3v) is 5.33. The van der Waals surface area contributed by atoms with Crippen molar-refractivity contribution in [3.8, 4) is 11.5 Å². The zero-order valence-electron chi connectivity index (χ0n) is 11.6. The quantitative estimate of drug-likeness (QED) is 0.489. The number of nitrogens with zero attached hydrogens (tertiary/aromatic N) is 3. The number of aromatic nitrogens is 2. The van der Waals surface area contributed by atoms with Crippen LogP contribution in [0.25, 0.3) is 11.5 Å². The molecule has 108 valence electrons. The molecule has 0 unspecified atom stereocenters. The second-order valence-corrected chi connectivity index (χ2v) is 6.76. The molecule has 2 aromatic rings. The SMILES string of the molecule is O=C=Nc1sc2c(c1-c1nc(C3CC3)no1)CCCCC2. The Morgan fingerprint density at radius 3 is 2.90 bits per heavy atom. The van der Waals surface area contributed by atoms with Gasteiger partial charge in [-0.05, 0) is 44.1 Å². The van der Waals surface area contributed by atoms with Gasteiger partial charge in [-0.25, -0.2) is 4.79 Å². The number of carbonyl (C=O) groups excluding carboxylic acids is 1. The number of aliphatic imine (C=N–C) groups is 1. The van der Waals surface area contributed by atoms with Crippen molar-refractivity contribution in [3.05, 3.63) is 16.3 Å². The van der Waals surface area contributed by atoms with Crippen molar-refractivity contribution in [1.29, 1.82) is 0 Å². The molecule has 0 spiro atoms. The molecule has 0 bridgehead atoms. The summed E-state index contributed by atoms with van der Waals surface area (Å²) in [6, 6.07) is 0. The molecule has 21 heavy (non-hydrogen) atoms. The molecule has 5 nitrogen and oxygen atoms in total. The monoisotopic (exact) mass is 301 g/mol. The van der Waals surface area contributed by atoms with E-state index in [1.54, 1.807) is 17.4 Å². The number of thiophene rings is 1. The van der Waals surface area contributed by atoms with Gasteiger partial charge >= 0.3 is 0 Å². The Morgan fingerprint density at radius 1 is 1.24 bits per heavy atom. The molecule has 0 N–H and O–H groups in total. The Bertz CT molecular complexity index is 723. The van der Waals surface area contributed by atoms with E-state index in [1.807, 2.05) is 0 Å². The summed E-state index contributed by atoms with van der Waals surface area (Å²) >= 11 is 1.57. The summed E-state index contributed by atoms with van der Waals surface area (Å²) in [7, 11) is 0. The van der Waals surface area contributed by atoms with E-state index < -0.39 is 0 Å². The third kappa shape index (κ3) is 2.34. The zero-order chi connectivity index (χ0) is 14.2. The lowest BCUT2D eigenvalue weighted by Gasteiger charge is -2.00. The number of isocyanates is 1. The second-order valence-electron chi connectivity index (χ2n) is 5.68. The summed E-state index contributed by atoms with van der Waals surface area (Å²) in [4.78, 5) is 20.4. The molecule has 2 heterocycles. The summed E-state index contributed by atoms with van der Waals surface area (Å²) in [5.74, 6) is 1.77. The van der Waals surface area contributed by atoms with Crippen LogP contribution in [0.5, 0.6) is 0 Å². The number of fused-ring (bicyclic) bond motifs is 1. The van der Waals surface area contributed by atoms with Crippen molar-refractivity contribution in [2.24, 2.45) is 4.99 Å². The van der Waals surface area contributed by atoms with Crippen LogP contribution in [0.4, 0.5) is 5.00 Å². The molecule has 0 amide bonds. The molecule has 0 saturated heterocycles. The maximum absolute atomic E-state index is 10.7. The highest BCUT2D eigenvalue weighted by molar-refractivity contribution is 7.16. The first-order valence-electron chi connectivity index (χ1n) is 7.43. The first-order valence-corrected chi connectivity index (χ1v) is 8.25. The first-order chi connectivity index (χ1) is 10.4. The molecular weight excluding hydrogens is 286 g/mol. The first kappa shape index (κ1) is 12.9. The second kappa shape index (κ2) is 5.20. The molecule has 1 saturated carbocycles. The van der Waals surface area contributed by atoms with Gasteiger partial charge in [-0.3, -0.25) is 0 Å². The van der Waals surface area contributed by atoms with Gasteiger partial charge in [0.15, 0.2) is 5.82 Å². The largest absolute Gasteiger partial charge is 0.334 e. The average molecular weight is 301 g/mol. The number of hydrogen-bond acceptors (Lipinski definition) is 6. The fourth-order valence-electron chi connectivity index (χ4n) is 2.91. The molecule has 2 aliphatic rings. The molecule has 0 aliphatic heterocycles. The van der Waals surface area contributed by atoms with E-state index in [9.17, 15) is 4.79 Å². The Labute approximate surface area is 126 Å². The van der Waals surface area contributed by atoms with Crippen LogP contribution in [0, 0.1) is 0 Å². The van der Waals surface area contributed by atoms with Gasteiger partial charge in [0.05, 0.1) is 5.56 Å². The molecule has 0 aromatic carbocycles.